The standard InChI is InChI=1S/C19H20F3N3OS/c1-27-18-23-9-13(10-24-18)11-25-8-2-3-15(12-25)17(26)14-4-6-16(7-5-14)19(20,21)22/h4-7,9-10,15H,2-3,8,11-12H2,1H3/t15-/m0/s1. The highest BCUT2D eigenvalue weighted by Gasteiger charge is 2.31. The van der Waals surface area contributed by atoms with Gasteiger partial charge in [0.1, 0.15) is 0 Å². The van der Waals surface area contributed by atoms with E-state index in [9.17, 15) is 18.0 Å². The van der Waals surface area contributed by atoms with Gasteiger partial charge in [-0.15, -0.1) is 0 Å². The zero-order valence-electron chi connectivity index (χ0n) is 14.9. The minimum absolute atomic E-state index is 0.0950. The molecule has 0 saturated carbocycles. The zero-order valence-corrected chi connectivity index (χ0v) is 15.7. The van der Waals surface area contributed by atoms with E-state index in [2.05, 4.69) is 14.9 Å². The summed E-state index contributed by atoms with van der Waals surface area (Å²) < 4.78 is 38.0. The van der Waals surface area contributed by atoms with E-state index in [0.717, 1.165) is 37.1 Å². The normalized spacial score (nSPS) is 18.4. The van der Waals surface area contributed by atoms with Gasteiger partial charge in [0.2, 0.25) is 0 Å². The zero-order chi connectivity index (χ0) is 19.4. The van der Waals surface area contributed by atoms with Crippen molar-refractivity contribution in [1.82, 2.24) is 14.9 Å². The van der Waals surface area contributed by atoms with Crippen LogP contribution in [0.4, 0.5) is 13.2 Å². The van der Waals surface area contributed by atoms with Crippen molar-refractivity contribution in [3.8, 4) is 0 Å². The van der Waals surface area contributed by atoms with Gasteiger partial charge >= 0.3 is 6.18 Å². The minimum atomic E-state index is -4.39. The molecule has 0 amide bonds. The van der Waals surface area contributed by atoms with E-state index in [4.69, 9.17) is 0 Å². The fraction of sp³-hybridized carbons (Fsp3) is 0.421. The van der Waals surface area contributed by atoms with Crippen molar-refractivity contribution < 1.29 is 18.0 Å². The fourth-order valence-corrected chi connectivity index (χ4v) is 3.58. The summed E-state index contributed by atoms with van der Waals surface area (Å²) in [7, 11) is 0. The van der Waals surface area contributed by atoms with Crippen molar-refractivity contribution in [3.05, 3.63) is 53.3 Å². The van der Waals surface area contributed by atoms with Gasteiger partial charge in [0.25, 0.3) is 0 Å². The summed E-state index contributed by atoms with van der Waals surface area (Å²) in [5.74, 6) is -0.302. The number of likely N-dealkylation sites (tertiary alicyclic amines) is 1. The molecule has 1 aliphatic heterocycles. The molecule has 8 heteroatoms. The highest BCUT2D eigenvalue weighted by atomic mass is 32.2. The first-order valence-electron chi connectivity index (χ1n) is 8.65. The maximum atomic E-state index is 12.7. The van der Waals surface area contributed by atoms with Crippen molar-refractivity contribution in [3.63, 3.8) is 0 Å². The molecule has 2 aromatic rings. The summed E-state index contributed by atoms with van der Waals surface area (Å²) in [4.78, 5) is 23.4. The number of rotatable bonds is 5. The summed E-state index contributed by atoms with van der Waals surface area (Å²) >= 11 is 1.48. The van der Waals surface area contributed by atoms with Gasteiger partial charge in [-0.1, -0.05) is 23.9 Å². The fourth-order valence-electron chi connectivity index (χ4n) is 3.26. The average molecular weight is 395 g/mol. The number of thioether (sulfide) groups is 1. The van der Waals surface area contributed by atoms with Crippen LogP contribution in [0.2, 0.25) is 0 Å². The molecule has 2 heterocycles. The number of nitrogens with zero attached hydrogens (tertiary/aromatic N) is 3. The van der Waals surface area contributed by atoms with Gasteiger partial charge in [-0.2, -0.15) is 13.2 Å². The number of benzene rings is 1. The molecule has 0 bridgehead atoms. The molecule has 1 aliphatic rings. The first kappa shape index (κ1) is 19.8. The maximum absolute atomic E-state index is 12.7. The number of piperidine rings is 1. The second kappa shape index (κ2) is 8.39. The van der Waals surface area contributed by atoms with Gasteiger partial charge in [-0.3, -0.25) is 9.69 Å². The molecule has 1 saturated heterocycles. The lowest BCUT2D eigenvalue weighted by Gasteiger charge is -2.31. The average Bonchev–Trinajstić information content (AvgIpc) is 2.68. The third kappa shape index (κ3) is 5.07. The van der Waals surface area contributed by atoms with Gasteiger partial charge in [0.15, 0.2) is 10.9 Å². The van der Waals surface area contributed by atoms with Gasteiger partial charge in [-0.25, -0.2) is 9.97 Å². The molecule has 0 N–H and O–H groups in total. The molecule has 0 spiro atoms. The van der Waals surface area contributed by atoms with Gasteiger partial charge < -0.3 is 0 Å². The van der Waals surface area contributed by atoms with Crippen molar-refractivity contribution >= 4 is 17.5 Å². The van der Waals surface area contributed by atoms with Crippen LogP contribution in [0.15, 0.2) is 41.8 Å². The SMILES string of the molecule is CSc1ncc(CN2CCC[C@H](C(=O)c3ccc(C(F)(F)F)cc3)C2)cn1. The van der Waals surface area contributed by atoms with E-state index in [1.165, 1.54) is 23.9 Å². The largest absolute Gasteiger partial charge is 0.416 e. The third-order valence-electron chi connectivity index (χ3n) is 4.64. The smallest absolute Gasteiger partial charge is 0.298 e. The van der Waals surface area contributed by atoms with E-state index >= 15 is 0 Å². The molecular weight excluding hydrogens is 375 g/mol. The predicted molar refractivity (Wildman–Crippen MR) is 97.6 cm³/mol. The summed E-state index contributed by atoms with van der Waals surface area (Å²) in [5, 5.41) is 0.716. The number of alkyl halides is 3. The summed E-state index contributed by atoms with van der Waals surface area (Å²) in [6.07, 6.45) is 2.73. The van der Waals surface area contributed by atoms with E-state index in [1.54, 1.807) is 12.4 Å². The number of hydrogen-bond donors (Lipinski definition) is 0. The molecule has 1 aromatic heterocycles. The number of ketones is 1. The van der Waals surface area contributed by atoms with Crippen LogP contribution in [0.3, 0.4) is 0 Å². The van der Waals surface area contributed by atoms with Crippen LogP contribution in [0.5, 0.6) is 0 Å². The molecule has 1 atom stereocenters. The predicted octanol–water partition coefficient (Wildman–Crippen LogP) is 4.31. The maximum Gasteiger partial charge on any atom is 0.416 e. The Labute approximate surface area is 160 Å². The Bertz CT molecular complexity index is 778. The second-order valence-corrected chi connectivity index (χ2v) is 7.37. The number of Topliss-reactive ketones (excluding diaryl/α,β-unsaturated/α-hetero) is 1. The topological polar surface area (TPSA) is 46.1 Å². The Morgan fingerprint density at radius 3 is 2.48 bits per heavy atom. The molecule has 144 valence electrons. The lowest BCUT2D eigenvalue weighted by atomic mass is 9.89. The quantitative estimate of drug-likeness (QED) is 0.429. The summed E-state index contributed by atoms with van der Waals surface area (Å²) in [6.45, 7) is 2.12. The number of hydrogen-bond acceptors (Lipinski definition) is 5. The van der Waals surface area contributed by atoms with Gasteiger partial charge in [0.05, 0.1) is 5.56 Å². The number of carbonyl (C=O) groups is 1. The van der Waals surface area contributed by atoms with Crippen molar-refractivity contribution in [2.45, 2.75) is 30.7 Å². The molecule has 27 heavy (non-hydrogen) atoms. The monoisotopic (exact) mass is 395 g/mol. The molecule has 1 fully saturated rings. The van der Waals surface area contributed by atoms with Gasteiger partial charge in [0, 0.05) is 42.5 Å². The van der Waals surface area contributed by atoms with Crippen molar-refractivity contribution in [1.29, 1.82) is 0 Å². The number of halogens is 3. The summed E-state index contributed by atoms with van der Waals surface area (Å²) in [5.41, 5.74) is 0.580. The molecule has 1 aromatic carbocycles. The highest BCUT2D eigenvalue weighted by molar-refractivity contribution is 7.98. The minimum Gasteiger partial charge on any atom is -0.298 e. The Balaban J connectivity index is 1.63. The molecule has 4 nitrogen and oxygen atoms in total. The van der Waals surface area contributed by atoms with E-state index in [1.807, 2.05) is 6.26 Å². The van der Waals surface area contributed by atoms with E-state index < -0.39 is 11.7 Å². The second-order valence-electron chi connectivity index (χ2n) is 6.59. The Morgan fingerprint density at radius 1 is 1.22 bits per heavy atom. The van der Waals surface area contributed by atoms with Crippen LogP contribution in [-0.2, 0) is 12.7 Å². The Hall–Kier alpha value is -1.93. The first-order valence-corrected chi connectivity index (χ1v) is 9.88. The number of aromatic nitrogens is 2. The summed E-state index contributed by atoms with van der Waals surface area (Å²) in [6, 6.07) is 4.50. The lowest BCUT2D eigenvalue weighted by Crippen LogP contribution is -2.38. The Kier molecular flexibility index (Phi) is 6.16. The number of carbonyl (C=O) groups excluding carboxylic acids is 1. The van der Waals surface area contributed by atoms with Crippen LogP contribution in [-0.4, -0.2) is 40.0 Å². The molecule has 3 rings (SSSR count). The Morgan fingerprint density at radius 2 is 1.89 bits per heavy atom. The third-order valence-corrected chi connectivity index (χ3v) is 5.22. The molecule has 0 unspecified atom stereocenters. The van der Waals surface area contributed by atoms with Crippen LogP contribution in [0.25, 0.3) is 0 Å². The van der Waals surface area contributed by atoms with Crippen LogP contribution >= 0.6 is 11.8 Å². The van der Waals surface area contributed by atoms with Crippen LogP contribution < -0.4 is 0 Å². The van der Waals surface area contributed by atoms with E-state index in [-0.39, 0.29) is 11.7 Å². The van der Waals surface area contributed by atoms with Gasteiger partial charge in [-0.05, 0) is 37.8 Å². The van der Waals surface area contributed by atoms with Crippen molar-refractivity contribution in [2.75, 3.05) is 19.3 Å². The van der Waals surface area contributed by atoms with Crippen LogP contribution in [0, 0.1) is 5.92 Å². The molecular formula is C19H20F3N3OS. The lowest BCUT2D eigenvalue weighted by molar-refractivity contribution is -0.137. The van der Waals surface area contributed by atoms with E-state index in [0.29, 0.717) is 23.8 Å². The highest BCUT2D eigenvalue weighted by Crippen LogP contribution is 2.30. The molecule has 0 aliphatic carbocycles. The van der Waals surface area contributed by atoms with Crippen molar-refractivity contribution in [2.24, 2.45) is 5.92 Å². The first-order chi connectivity index (χ1) is 12.9. The van der Waals surface area contributed by atoms with Crippen LogP contribution in [0.1, 0.15) is 34.3 Å². The molecule has 0 radical (unpaired) electrons.